The van der Waals surface area contributed by atoms with Crippen molar-refractivity contribution in [1.82, 2.24) is 20.4 Å². The van der Waals surface area contributed by atoms with Gasteiger partial charge in [0.15, 0.2) is 0 Å². The zero-order valence-corrected chi connectivity index (χ0v) is 10.5. The van der Waals surface area contributed by atoms with E-state index in [1.807, 2.05) is 17.9 Å². The van der Waals surface area contributed by atoms with Gasteiger partial charge in [0.1, 0.15) is 0 Å². The van der Waals surface area contributed by atoms with Crippen LogP contribution in [-0.2, 0) is 13.6 Å². The summed E-state index contributed by atoms with van der Waals surface area (Å²) in [6.07, 6.45) is 4.66. The normalized spacial score (nSPS) is 17.7. The highest BCUT2D eigenvalue weighted by molar-refractivity contribution is 5.15. The third-order valence-electron chi connectivity index (χ3n) is 3.27. The fourth-order valence-corrected chi connectivity index (χ4v) is 1.70. The molecule has 1 aromatic rings. The summed E-state index contributed by atoms with van der Waals surface area (Å²) in [5.74, 6) is 0. The van der Waals surface area contributed by atoms with Crippen LogP contribution in [0.5, 0.6) is 0 Å². The number of hydrogen-bond donors (Lipinski definition) is 2. The third kappa shape index (κ3) is 3.06. The van der Waals surface area contributed by atoms with Crippen LogP contribution in [0, 0.1) is 6.92 Å². The first-order valence-corrected chi connectivity index (χ1v) is 6.11. The van der Waals surface area contributed by atoms with E-state index in [1.54, 1.807) is 0 Å². The van der Waals surface area contributed by atoms with E-state index in [9.17, 15) is 0 Å². The maximum atomic E-state index is 4.24. The molecule has 1 aliphatic rings. The SMILES string of the molecule is Cc1c(CNC(C)CNC2CC2)cnn1C. The van der Waals surface area contributed by atoms with E-state index in [1.165, 1.54) is 24.1 Å². The number of aryl methyl sites for hydroxylation is 1. The second kappa shape index (κ2) is 4.97. The van der Waals surface area contributed by atoms with E-state index in [-0.39, 0.29) is 0 Å². The van der Waals surface area contributed by atoms with Crippen LogP contribution in [0.1, 0.15) is 31.0 Å². The molecule has 0 aromatic carbocycles. The van der Waals surface area contributed by atoms with Crippen molar-refractivity contribution in [3.8, 4) is 0 Å². The first-order chi connectivity index (χ1) is 7.66. The second-order valence-electron chi connectivity index (χ2n) is 4.84. The molecule has 4 nitrogen and oxygen atoms in total. The highest BCUT2D eigenvalue weighted by Crippen LogP contribution is 2.18. The van der Waals surface area contributed by atoms with Gasteiger partial charge in [0.25, 0.3) is 0 Å². The van der Waals surface area contributed by atoms with Crippen molar-refractivity contribution in [3.05, 3.63) is 17.5 Å². The van der Waals surface area contributed by atoms with Gasteiger partial charge in [-0.3, -0.25) is 4.68 Å². The summed E-state index contributed by atoms with van der Waals surface area (Å²) in [5, 5.41) is 11.3. The number of aromatic nitrogens is 2. The van der Waals surface area contributed by atoms with Crippen LogP contribution in [0.3, 0.4) is 0 Å². The zero-order chi connectivity index (χ0) is 11.5. The Kier molecular flexibility index (Phi) is 3.61. The first kappa shape index (κ1) is 11.6. The fourth-order valence-electron chi connectivity index (χ4n) is 1.70. The van der Waals surface area contributed by atoms with E-state index in [2.05, 4.69) is 29.6 Å². The van der Waals surface area contributed by atoms with Crippen LogP contribution in [0.25, 0.3) is 0 Å². The Bertz CT molecular complexity index is 341. The maximum Gasteiger partial charge on any atom is 0.0537 e. The van der Waals surface area contributed by atoms with Crippen molar-refractivity contribution in [2.45, 2.75) is 45.3 Å². The average Bonchev–Trinajstić information content (AvgIpc) is 3.04. The fraction of sp³-hybridized carbons (Fsp3) is 0.750. The topological polar surface area (TPSA) is 41.9 Å². The van der Waals surface area contributed by atoms with E-state index >= 15 is 0 Å². The Labute approximate surface area is 97.4 Å². The third-order valence-corrected chi connectivity index (χ3v) is 3.27. The monoisotopic (exact) mass is 222 g/mol. The van der Waals surface area contributed by atoms with Gasteiger partial charge in [-0.05, 0) is 26.7 Å². The van der Waals surface area contributed by atoms with Crippen LogP contribution in [-0.4, -0.2) is 28.4 Å². The lowest BCUT2D eigenvalue weighted by Gasteiger charge is -2.14. The summed E-state index contributed by atoms with van der Waals surface area (Å²) in [6.45, 7) is 6.30. The molecule has 1 aliphatic carbocycles. The van der Waals surface area contributed by atoms with E-state index in [0.29, 0.717) is 6.04 Å². The van der Waals surface area contributed by atoms with Gasteiger partial charge >= 0.3 is 0 Å². The molecule has 0 radical (unpaired) electrons. The average molecular weight is 222 g/mol. The summed E-state index contributed by atoms with van der Waals surface area (Å²) in [4.78, 5) is 0. The van der Waals surface area contributed by atoms with Crippen molar-refractivity contribution in [1.29, 1.82) is 0 Å². The summed E-state index contributed by atoms with van der Waals surface area (Å²) < 4.78 is 1.92. The standard InChI is InChI=1S/C12H22N4/c1-9(6-14-12-4-5-12)13-7-11-8-15-16(3)10(11)2/h8-9,12-14H,4-7H2,1-3H3. The molecule has 1 fully saturated rings. The molecule has 1 heterocycles. The number of nitrogens with one attached hydrogen (secondary N) is 2. The van der Waals surface area contributed by atoms with Crippen LogP contribution in [0.2, 0.25) is 0 Å². The quantitative estimate of drug-likeness (QED) is 0.753. The lowest BCUT2D eigenvalue weighted by atomic mass is 10.2. The van der Waals surface area contributed by atoms with Crippen LogP contribution < -0.4 is 10.6 Å². The minimum absolute atomic E-state index is 0.514. The van der Waals surface area contributed by atoms with Crippen molar-refractivity contribution in [3.63, 3.8) is 0 Å². The van der Waals surface area contributed by atoms with E-state index in [4.69, 9.17) is 0 Å². The molecule has 2 rings (SSSR count). The summed E-state index contributed by atoms with van der Waals surface area (Å²) in [6, 6.07) is 1.31. The molecule has 1 saturated carbocycles. The predicted octanol–water partition coefficient (Wildman–Crippen LogP) is 0.959. The summed E-state index contributed by atoms with van der Waals surface area (Å²) in [5.41, 5.74) is 2.54. The van der Waals surface area contributed by atoms with Gasteiger partial charge in [0.2, 0.25) is 0 Å². The number of hydrogen-bond acceptors (Lipinski definition) is 3. The Balaban J connectivity index is 1.71. The Hall–Kier alpha value is -0.870. The molecule has 90 valence electrons. The Morgan fingerprint density at radius 1 is 1.56 bits per heavy atom. The zero-order valence-electron chi connectivity index (χ0n) is 10.5. The molecule has 4 heteroatoms. The minimum Gasteiger partial charge on any atom is -0.312 e. The lowest BCUT2D eigenvalue weighted by molar-refractivity contribution is 0.499. The molecule has 16 heavy (non-hydrogen) atoms. The molecule has 1 aromatic heterocycles. The van der Waals surface area contributed by atoms with Crippen molar-refractivity contribution in [2.75, 3.05) is 6.54 Å². The molecule has 0 saturated heterocycles. The predicted molar refractivity (Wildman–Crippen MR) is 65.3 cm³/mol. The molecule has 0 amide bonds. The van der Waals surface area contributed by atoms with Gasteiger partial charge in [-0.25, -0.2) is 0 Å². The molecular formula is C12H22N4. The molecule has 1 atom stereocenters. The summed E-state index contributed by atoms with van der Waals surface area (Å²) in [7, 11) is 1.98. The smallest absolute Gasteiger partial charge is 0.0537 e. The highest BCUT2D eigenvalue weighted by Gasteiger charge is 2.20. The Morgan fingerprint density at radius 3 is 2.88 bits per heavy atom. The molecule has 0 spiro atoms. The van der Waals surface area contributed by atoms with Crippen LogP contribution in [0.15, 0.2) is 6.20 Å². The summed E-state index contributed by atoms with van der Waals surface area (Å²) >= 11 is 0. The second-order valence-corrected chi connectivity index (χ2v) is 4.84. The van der Waals surface area contributed by atoms with Gasteiger partial charge in [-0.1, -0.05) is 0 Å². The first-order valence-electron chi connectivity index (χ1n) is 6.11. The van der Waals surface area contributed by atoms with Crippen LogP contribution >= 0.6 is 0 Å². The van der Waals surface area contributed by atoms with Crippen LogP contribution in [0.4, 0.5) is 0 Å². The molecule has 2 N–H and O–H groups in total. The maximum absolute atomic E-state index is 4.24. The molecular weight excluding hydrogens is 200 g/mol. The van der Waals surface area contributed by atoms with Crippen molar-refractivity contribution >= 4 is 0 Å². The molecule has 1 unspecified atom stereocenters. The van der Waals surface area contributed by atoms with Gasteiger partial charge in [-0.2, -0.15) is 5.10 Å². The van der Waals surface area contributed by atoms with Gasteiger partial charge in [0.05, 0.1) is 6.20 Å². The van der Waals surface area contributed by atoms with E-state index in [0.717, 1.165) is 19.1 Å². The molecule has 0 bridgehead atoms. The number of nitrogens with zero attached hydrogens (tertiary/aromatic N) is 2. The van der Waals surface area contributed by atoms with Gasteiger partial charge < -0.3 is 10.6 Å². The lowest BCUT2D eigenvalue weighted by Crippen LogP contribution is -2.36. The Morgan fingerprint density at radius 2 is 2.31 bits per heavy atom. The minimum atomic E-state index is 0.514. The van der Waals surface area contributed by atoms with Gasteiger partial charge in [0, 0.05) is 43.5 Å². The van der Waals surface area contributed by atoms with Crippen molar-refractivity contribution < 1.29 is 0 Å². The molecule has 0 aliphatic heterocycles. The van der Waals surface area contributed by atoms with Gasteiger partial charge in [-0.15, -0.1) is 0 Å². The van der Waals surface area contributed by atoms with Crippen molar-refractivity contribution in [2.24, 2.45) is 7.05 Å². The largest absolute Gasteiger partial charge is 0.312 e. The highest BCUT2D eigenvalue weighted by atomic mass is 15.3. The number of rotatable bonds is 6. The van der Waals surface area contributed by atoms with E-state index < -0.39 is 0 Å².